The van der Waals surface area contributed by atoms with Crippen LogP contribution in [0.5, 0.6) is 0 Å². The van der Waals surface area contributed by atoms with E-state index in [2.05, 4.69) is 15.3 Å². The molecule has 1 aliphatic heterocycles. The van der Waals surface area contributed by atoms with Crippen molar-refractivity contribution in [3.8, 4) is 0 Å². The van der Waals surface area contributed by atoms with Crippen LogP contribution >= 0.6 is 0 Å². The molecule has 8 heteroatoms. The maximum Gasteiger partial charge on any atom is 0.328 e. The number of fused-ring (bicyclic) bond motifs is 1. The second kappa shape index (κ2) is 7.09. The molecule has 1 fully saturated rings. The van der Waals surface area contributed by atoms with Gasteiger partial charge in [0.05, 0.1) is 11.2 Å². The average Bonchev–Trinajstić information content (AvgIpc) is 3.00. The van der Waals surface area contributed by atoms with Crippen molar-refractivity contribution in [3.63, 3.8) is 0 Å². The van der Waals surface area contributed by atoms with Gasteiger partial charge in [-0.2, -0.15) is 0 Å². The van der Waals surface area contributed by atoms with Crippen LogP contribution in [-0.4, -0.2) is 57.3 Å². The first-order chi connectivity index (χ1) is 12.4. The monoisotopic (exact) mass is 356 g/mol. The van der Waals surface area contributed by atoms with Crippen molar-refractivity contribution in [3.05, 3.63) is 42.2 Å². The summed E-state index contributed by atoms with van der Waals surface area (Å²) >= 11 is 0. The summed E-state index contributed by atoms with van der Waals surface area (Å²) < 4.78 is 0. The third-order valence-corrected chi connectivity index (χ3v) is 4.34. The van der Waals surface area contributed by atoms with Crippen LogP contribution in [0.4, 0.5) is 5.69 Å². The highest BCUT2D eigenvalue weighted by Crippen LogP contribution is 2.30. The maximum atomic E-state index is 11.6. The van der Waals surface area contributed by atoms with Crippen LogP contribution in [0.3, 0.4) is 0 Å². The van der Waals surface area contributed by atoms with Crippen LogP contribution in [0.15, 0.2) is 36.5 Å². The summed E-state index contributed by atoms with van der Waals surface area (Å²) in [6.45, 7) is 2.91. The number of carboxylic acids is 1. The van der Waals surface area contributed by atoms with Gasteiger partial charge in [-0.15, -0.1) is 0 Å². The molecule has 0 saturated carbocycles. The third-order valence-electron chi connectivity index (χ3n) is 4.34. The molecule has 2 aromatic rings. The number of amides is 1. The molecular formula is C18H20N4O4. The molecule has 0 radical (unpaired) electrons. The van der Waals surface area contributed by atoms with Crippen molar-refractivity contribution >= 4 is 28.6 Å². The Morgan fingerprint density at radius 2 is 2.15 bits per heavy atom. The molecule has 2 aromatic heterocycles. The van der Waals surface area contributed by atoms with Crippen LogP contribution in [0.1, 0.15) is 12.1 Å². The van der Waals surface area contributed by atoms with Gasteiger partial charge in [0.25, 0.3) is 0 Å². The second-order valence-corrected chi connectivity index (χ2v) is 6.44. The van der Waals surface area contributed by atoms with Gasteiger partial charge in [-0.1, -0.05) is 0 Å². The van der Waals surface area contributed by atoms with E-state index < -0.39 is 17.5 Å². The molecule has 1 amide bonds. The van der Waals surface area contributed by atoms with Gasteiger partial charge in [-0.25, -0.2) is 9.78 Å². The fraction of sp³-hybridized carbons (Fsp3) is 0.333. The van der Waals surface area contributed by atoms with Crippen LogP contribution < -0.4 is 10.2 Å². The average molecular weight is 356 g/mol. The predicted octanol–water partition coefficient (Wildman–Crippen LogP) is 0.636. The molecule has 1 saturated heterocycles. The second-order valence-electron chi connectivity index (χ2n) is 6.44. The Balaban J connectivity index is 1.71. The minimum Gasteiger partial charge on any atom is -0.478 e. The van der Waals surface area contributed by atoms with Gasteiger partial charge in [0.2, 0.25) is 5.91 Å². The standard InChI is InChI=1S/C18H20N4O4/c1-12-2-3-13-17(21-12)14(6-8-19-13)22-9-7-18(26,11-22)10-20-15(23)4-5-16(24)25/h2-6,8,26H,7,9-11H2,1H3,(H,20,23)(H,24,25)/b5-4+. The minimum atomic E-state index is -1.20. The molecular weight excluding hydrogens is 336 g/mol. The number of pyridine rings is 2. The number of carbonyl (C=O) groups excluding carboxylic acids is 1. The number of hydrogen-bond donors (Lipinski definition) is 3. The number of rotatable bonds is 5. The van der Waals surface area contributed by atoms with Crippen molar-refractivity contribution in [2.45, 2.75) is 18.9 Å². The van der Waals surface area contributed by atoms with Crippen molar-refractivity contribution < 1.29 is 19.8 Å². The van der Waals surface area contributed by atoms with E-state index in [4.69, 9.17) is 5.11 Å². The van der Waals surface area contributed by atoms with E-state index in [0.717, 1.165) is 34.6 Å². The third kappa shape index (κ3) is 3.97. The molecule has 136 valence electrons. The van der Waals surface area contributed by atoms with Gasteiger partial charge in [0, 0.05) is 43.7 Å². The van der Waals surface area contributed by atoms with E-state index in [1.165, 1.54) is 0 Å². The van der Waals surface area contributed by atoms with Crippen molar-refractivity contribution in [2.24, 2.45) is 0 Å². The van der Waals surface area contributed by atoms with E-state index in [-0.39, 0.29) is 6.54 Å². The number of nitrogens with one attached hydrogen (secondary N) is 1. The van der Waals surface area contributed by atoms with Crippen molar-refractivity contribution in [1.82, 2.24) is 15.3 Å². The molecule has 1 aliphatic rings. The lowest BCUT2D eigenvalue weighted by atomic mass is 10.0. The summed E-state index contributed by atoms with van der Waals surface area (Å²) in [7, 11) is 0. The Morgan fingerprint density at radius 3 is 2.92 bits per heavy atom. The smallest absolute Gasteiger partial charge is 0.328 e. The first kappa shape index (κ1) is 17.8. The SMILES string of the molecule is Cc1ccc2nccc(N3CCC(O)(CNC(=O)/C=C/C(=O)O)C3)c2n1. The van der Waals surface area contributed by atoms with Gasteiger partial charge in [0.1, 0.15) is 11.1 Å². The van der Waals surface area contributed by atoms with Gasteiger partial charge < -0.3 is 20.4 Å². The number of aliphatic hydroxyl groups is 1. The Hall–Kier alpha value is -3.00. The molecule has 0 aromatic carbocycles. The fourth-order valence-corrected chi connectivity index (χ4v) is 3.03. The summed E-state index contributed by atoms with van der Waals surface area (Å²) in [6, 6.07) is 5.69. The number of anilines is 1. The summed E-state index contributed by atoms with van der Waals surface area (Å²) in [5.74, 6) is -1.75. The number of aryl methyl sites for hydroxylation is 1. The largest absolute Gasteiger partial charge is 0.478 e. The number of carbonyl (C=O) groups is 2. The normalized spacial score (nSPS) is 20.0. The first-order valence-corrected chi connectivity index (χ1v) is 8.25. The zero-order valence-corrected chi connectivity index (χ0v) is 14.3. The van der Waals surface area contributed by atoms with Crippen LogP contribution in [0, 0.1) is 6.92 Å². The van der Waals surface area contributed by atoms with Crippen LogP contribution in [0.25, 0.3) is 11.0 Å². The number of hydrogen-bond acceptors (Lipinski definition) is 6. The molecule has 0 aliphatic carbocycles. The maximum absolute atomic E-state index is 11.6. The molecule has 8 nitrogen and oxygen atoms in total. The summed E-state index contributed by atoms with van der Waals surface area (Å²) in [5, 5.41) is 21.8. The first-order valence-electron chi connectivity index (χ1n) is 8.25. The molecule has 0 spiro atoms. The zero-order chi connectivity index (χ0) is 18.7. The zero-order valence-electron chi connectivity index (χ0n) is 14.3. The number of carboxylic acid groups (broad SMARTS) is 1. The lowest BCUT2D eigenvalue weighted by Gasteiger charge is -2.25. The van der Waals surface area contributed by atoms with Crippen LogP contribution in [0.2, 0.25) is 0 Å². The summed E-state index contributed by atoms with van der Waals surface area (Å²) in [6.07, 6.45) is 3.88. The minimum absolute atomic E-state index is 0.0434. The molecule has 3 N–H and O–H groups in total. The lowest BCUT2D eigenvalue weighted by Crippen LogP contribution is -2.44. The Morgan fingerprint density at radius 1 is 1.35 bits per heavy atom. The molecule has 3 heterocycles. The van der Waals surface area contributed by atoms with Crippen molar-refractivity contribution in [1.29, 1.82) is 0 Å². The number of β-amino-alcohol motifs (C(OH)–C–C–N with tert-alkyl or cyclic N) is 1. The molecule has 26 heavy (non-hydrogen) atoms. The Bertz CT molecular complexity index is 883. The summed E-state index contributed by atoms with van der Waals surface area (Å²) in [5.41, 5.74) is 2.26. The topological polar surface area (TPSA) is 116 Å². The van der Waals surface area contributed by atoms with Gasteiger partial charge in [0.15, 0.2) is 0 Å². The number of aromatic nitrogens is 2. The predicted molar refractivity (Wildman–Crippen MR) is 95.8 cm³/mol. The number of aliphatic carboxylic acids is 1. The van der Waals surface area contributed by atoms with Crippen LogP contribution in [-0.2, 0) is 9.59 Å². The Kier molecular flexibility index (Phi) is 4.85. The van der Waals surface area contributed by atoms with Gasteiger partial charge in [-0.3, -0.25) is 9.78 Å². The van der Waals surface area contributed by atoms with Gasteiger partial charge in [-0.05, 0) is 31.5 Å². The number of nitrogens with zero attached hydrogens (tertiary/aromatic N) is 3. The van der Waals surface area contributed by atoms with E-state index in [1.54, 1.807) is 6.20 Å². The molecule has 1 unspecified atom stereocenters. The highest BCUT2D eigenvalue weighted by molar-refractivity contribution is 5.94. The lowest BCUT2D eigenvalue weighted by molar-refractivity contribution is -0.131. The molecule has 3 rings (SSSR count). The van der Waals surface area contributed by atoms with Gasteiger partial charge >= 0.3 is 5.97 Å². The Labute approximate surface area is 150 Å². The molecule has 1 atom stereocenters. The van der Waals surface area contributed by atoms with E-state index in [9.17, 15) is 14.7 Å². The van der Waals surface area contributed by atoms with E-state index in [1.807, 2.05) is 30.0 Å². The molecule has 0 bridgehead atoms. The fourth-order valence-electron chi connectivity index (χ4n) is 3.03. The quantitative estimate of drug-likeness (QED) is 0.673. The highest BCUT2D eigenvalue weighted by Gasteiger charge is 2.37. The van der Waals surface area contributed by atoms with E-state index in [0.29, 0.717) is 19.5 Å². The highest BCUT2D eigenvalue weighted by atomic mass is 16.4. The van der Waals surface area contributed by atoms with Crippen molar-refractivity contribution in [2.75, 3.05) is 24.5 Å². The van der Waals surface area contributed by atoms with E-state index >= 15 is 0 Å². The summed E-state index contributed by atoms with van der Waals surface area (Å²) in [4.78, 5) is 32.9.